The predicted molar refractivity (Wildman–Crippen MR) is 134 cm³/mol. The first-order valence-corrected chi connectivity index (χ1v) is 11.6. The SMILES string of the molecule is Cc1ccc(C(C)C)c(OCc2ccc(C(=O)Nc3ccn(Cc4ccc(Cl)cc4Cl)n3)o2)c1. The van der Waals surface area contributed by atoms with Gasteiger partial charge in [-0.2, -0.15) is 5.10 Å². The Hall–Kier alpha value is -3.22. The Morgan fingerprint density at radius 2 is 1.94 bits per heavy atom. The van der Waals surface area contributed by atoms with Crippen LogP contribution >= 0.6 is 23.2 Å². The Bertz CT molecular complexity index is 1310. The second-order valence-corrected chi connectivity index (χ2v) is 9.18. The minimum atomic E-state index is -0.389. The van der Waals surface area contributed by atoms with Gasteiger partial charge >= 0.3 is 0 Å². The first-order valence-electron chi connectivity index (χ1n) is 10.9. The second kappa shape index (κ2) is 10.4. The molecule has 0 saturated carbocycles. The van der Waals surface area contributed by atoms with Gasteiger partial charge in [-0.05, 0) is 59.9 Å². The summed E-state index contributed by atoms with van der Waals surface area (Å²) in [7, 11) is 0. The molecular weight excluding hydrogens is 473 g/mol. The third kappa shape index (κ3) is 5.82. The van der Waals surface area contributed by atoms with Gasteiger partial charge in [0.1, 0.15) is 18.1 Å². The molecule has 0 aliphatic rings. The van der Waals surface area contributed by atoms with Crippen molar-refractivity contribution in [2.24, 2.45) is 0 Å². The van der Waals surface area contributed by atoms with E-state index in [0.717, 1.165) is 22.4 Å². The molecule has 0 aliphatic carbocycles. The normalized spacial score (nSPS) is 11.1. The Kier molecular flexibility index (Phi) is 7.29. The molecule has 0 fully saturated rings. The molecule has 0 aliphatic heterocycles. The number of amides is 1. The lowest BCUT2D eigenvalue weighted by atomic mass is 10.0. The lowest BCUT2D eigenvalue weighted by Crippen LogP contribution is -2.12. The molecule has 2 aromatic heterocycles. The number of carbonyl (C=O) groups is 1. The Morgan fingerprint density at radius 3 is 2.71 bits per heavy atom. The molecule has 0 unspecified atom stereocenters. The summed E-state index contributed by atoms with van der Waals surface area (Å²) in [6.45, 7) is 6.95. The molecule has 1 N–H and O–H groups in total. The molecule has 176 valence electrons. The molecule has 1 amide bonds. The monoisotopic (exact) mass is 497 g/mol. The zero-order valence-electron chi connectivity index (χ0n) is 19.1. The molecule has 4 rings (SSSR count). The smallest absolute Gasteiger partial charge is 0.292 e. The van der Waals surface area contributed by atoms with Crippen LogP contribution in [0, 0.1) is 6.92 Å². The largest absolute Gasteiger partial charge is 0.485 e. The summed E-state index contributed by atoms with van der Waals surface area (Å²) in [4.78, 5) is 12.6. The zero-order chi connectivity index (χ0) is 24.2. The van der Waals surface area contributed by atoms with Gasteiger partial charge in [0.2, 0.25) is 0 Å². The number of hydrogen-bond donors (Lipinski definition) is 1. The van der Waals surface area contributed by atoms with Gasteiger partial charge in [0.25, 0.3) is 5.91 Å². The van der Waals surface area contributed by atoms with Crippen molar-refractivity contribution in [1.82, 2.24) is 9.78 Å². The van der Waals surface area contributed by atoms with Crippen LogP contribution in [0.3, 0.4) is 0 Å². The van der Waals surface area contributed by atoms with Gasteiger partial charge in [0.05, 0.1) is 6.54 Å². The average molecular weight is 498 g/mol. The number of hydrogen-bond acceptors (Lipinski definition) is 4. The van der Waals surface area contributed by atoms with E-state index in [2.05, 4.69) is 36.4 Å². The van der Waals surface area contributed by atoms with Crippen LogP contribution in [0.1, 0.15) is 52.8 Å². The van der Waals surface area contributed by atoms with Crippen molar-refractivity contribution < 1.29 is 13.9 Å². The zero-order valence-corrected chi connectivity index (χ0v) is 20.7. The van der Waals surface area contributed by atoms with E-state index in [4.69, 9.17) is 32.4 Å². The van der Waals surface area contributed by atoms with Gasteiger partial charge in [-0.25, -0.2) is 0 Å². The summed E-state index contributed by atoms with van der Waals surface area (Å²) < 4.78 is 13.4. The predicted octanol–water partition coefficient (Wildman–Crippen LogP) is 7.09. The van der Waals surface area contributed by atoms with Gasteiger partial charge in [-0.1, -0.05) is 55.2 Å². The first-order chi connectivity index (χ1) is 16.3. The van der Waals surface area contributed by atoms with E-state index in [1.165, 1.54) is 0 Å². The lowest BCUT2D eigenvalue weighted by Gasteiger charge is -2.14. The molecule has 0 atom stereocenters. The summed E-state index contributed by atoms with van der Waals surface area (Å²) >= 11 is 12.2. The molecule has 0 radical (unpaired) electrons. The van der Waals surface area contributed by atoms with E-state index in [0.29, 0.717) is 34.1 Å². The van der Waals surface area contributed by atoms with Crippen molar-refractivity contribution >= 4 is 34.9 Å². The van der Waals surface area contributed by atoms with Crippen molar-refractivity contribution in [1.29, 1.82) is 0 Å². The number of halogens is 2. The number of aryl methyl sites for hydroxylation is 1. The molecule has 2 aromatic carbocycles. The highest BCUT2D eigenvalue weighted by Crippen LogP contribution is 2.28. The minimum absolute atomic E-state index is 0.183. The van der Waals surface area contributed by atoms with Crippen LogP contribution in [0.4, 0.5) is 5.82 Å². The highest BCUT2D eigenvalue weighted by molar-refractivity contribution is 6.35. The van der Waals surface area contributed by atoms with Crippen LogP contribution in [0.15, 0.2) is 65.2 Å². The van der Waals surface area contributed by atoms with Crippen LogP contribution in [-0.4, -0.2) is 15.7 Å². The highest BCUT2D eigenvalue weighted by atomic mass is 35.5. The van der Waals surface area contributed by atoms with Crippen molar-refractivity contribution in [2.75, 3.05) is 5.32 Å². The molecule has 6 nitrogen and oxygen atoms in total. The van der Waals surface area contributed by atoms with Crippen molar-refractivity contribution in [3.05, 3.63) is 99.1 Å². The van der Waals surface area contributed by atoms with Gasteiger partial charge in [-0.15, -0.1) is 0 Å². The molecule has 4 aromatic rings. The third-order valence-electron chi connectivity index (χ3n) is 5.28. The lowest BCUT2D eigenvalue weighted by molar-refractivity contribution is 0.0992. The van der Waals surface area contributed by atoms with Crippen LogP contribution in [0.25, 0.3) is 0 Å². The standard InChI is InChI=1S/C26H25Cl2N3O3/c1-16(2)21-8-4-17(3)12-24(21)33-15-20-7-9-23(34-20)26(32)29-25-10-11-31(30-25)14-18-5-6-19(27)13-22(18)28/h4-13,16H,14-15H2,1-3H3,(H,29,30,32). The number of anilines is 1. The maximum Gasteiger partial charge on any atom is 0.292 e. The number of furan rings is 1. The molecule has 2 heterocycles. The van der Waals surface area contributed by atoms with E-state index >= 15 is 0 Å². The summed E-state index contributed by atoms with van der Waals surface area (Å²) in [5.74, 6) is 1.92. The molecule has 0 spiro atoms. The fourth-order valence-corrected chi connectivity index (χ4v) is 3.96. The van der Waals surface area contributed by atoms with E-state index < -0.39 is 0 Å². The maximum atomic E-state index is 12.6. The Labute approximate surface area is 208 Å². The number of rotatable bonds is 8. The second-order valence-electron chi connectivity index (χ2n) is 8.34. The first kappa shape index (κ1) is 23.9. The Balaban J connectivity index is 1.36. The van der Waals surface area contributed by atoms with E-state index in [1.54, 1.807) is 41.2 Å². The maximum absolute atomic E-state index is 12.6. The van der Waals surface area contributed by atoms with Crippen LogP contribution in [0.5, 0.6) is 5.75 Å². The summed E-state index contributed by atoms with van der Waals surface area (Å²) in [6, 6.07) is 16.5. The number of benzene rings is 2. The molecule has 34 heavy (non-hydrogen) atoms. The summed E-state index contributed by atoms with van der Waals surface area (Å²) in [5, 5.41) is 8.26. The molecule has 0 bridgehead atoms. The Morgan fingerprint density at radius 1 is 1.12 bits per heavy atom. The van der Waals surface area contributed by atoms with Crippen molar-refractivity contribution in [3.8, 4) is 5.75 Å². The van der Waals surface area contributed by atoms with Gasteiger partial charge in [-0.3, -0.25) is 9.48 Å². The topological polar surface area (TPSA) is 69.3 Å². The fraction of sp³-hybridized carbons (Fsp3) is 0.231. The van der Waals surface area contributed by atoms with Crippen LogP contribution in [-0.2, 0) is 13.2 Å². The van der Waals surface area contributed by atoms with E-state index in [9.17, 15) is 4.79 Å². The number of ether oxygens (including phenoxy) is 1. The number of carbonyl (C=O) groups excluding carboxylic acids is 1. The minimum Gasteiger partial charge on any atom is -0.485 e. The third-order valence-corrected chi connectivity index (χ3v) is 5.86. The quantitative estimate of drug-likeness (QED) is 0.282. The summed E-state index contributed by atoms with van der Waals surface area (Å²) in [5.41, 5.74) is 3.12. The molecular formula is C26H25Cl2N3O3. The summed E-state index contributed by atoms with van der Waals surface area (Å²) in [6.07, 6.45) is 1.76. The van der Waals surface area contributed by atoms with Crippen LogP contribution < -0.4 is 10.1 Å². The van der Waals surface area contributed by atoms with Gasteiger partial charge in [0.15, 0.2) is 11.6 Å². The molecule has 0 saturated heterocycles. The van der Waals surface area contributed by atoms with Crippen molar-refractivity contribution in [3.63, 3.8) is 0 Å². The number of nitrogens with zero attached hydrogens (tertiary/aromatic N) is 2. The van der Waals surface area contributed by atoms with Gasteiger partial charge in [0, 0.05) is 22.3 Å². The highest BCUT2D eigenvalue weighted by Gasteiger charge is 2.15. The van der Waals surface area contributed by atoms with Gasteiger partial charge < -0.3 is 14.5 Å². The molecule has 8 heteroatoms. The van der Waals surface area contributed by atoms with E-state index in [1.807, 2.05) is 19.1 Å². The van der Waals surface area contributed by atoms with Crippen molar-refractivity contribution in [2.45, 2.75) is 39.8 Å². The average Bonchev–Trinajstić information content (AvgIpc) is 3.43. The number of nitrogens with one attached hydrogen (secondary N) is 1. The van der Waals surface area contributed by atoms with Crippen LogP contribution in [0.2, 0.25) is 10.0 Å². The number of aromatic nitrogens is 2. The van der Waals surface area contributed by atoms with E-state index in [-0.39, 0.29) is 18.3 Å². The fourth-order valence-electron chi connectivity index (χ4n) is 3.49.